The van der Waals surface area contributed by atoms with Gasteiger partial charge in [0, 0.05) is 30.6 Å². The third kappa shape index (κ3) is 3.01. The topological polar surface area (TPSA) is 62.4 Å². The summed E-state index contributed by atoms with van der Waals surface area (Å²) in [6, 6.07) is 10.3. The molecule has 2 heterocycles. The molecule has 3 rings (SSSR count). The lowest BCUT2D eigenvalue weighted by Crippen LogP contribution is -2.29. The van der Waals surface area contributed by atoms with Crippen molar-refractivity contribution in [2.75, 3.05) is 18.0 Å². The molecule has 1 saturated heterocycles. The van der Waals surface area contributed by atoms with E-state index in [1.807, 2.05) is 25.1 Å². The highest BCUT2D eigenvalue weighted by atomic mass is 16.3. The maximum atomic E-state index is 10.2. The highest BCUT2D eigenvalue weighted by Crippen LogP contribution is 2.28. The van der Waals surface area contributed by atoms with Crippen LogP contribution in [0.15, 0.2) is 30.3 Å². The van der Waals surface area contributed by atoms with Crippen LogP contribution in [-0.4, -0.2) is 28.8 Å². The van der Waals surface area contributed by atoms with Crippen molar-refractivity contribution in [3.63, 3.8) is 0 Å². The van der Waals surface area contributed by atoms with Gasteiger partial charge in [-0.3, -0.25) is 0 Å². The zero-order chi connectivity index (χ0) is 14.9. The van der Waals surface area contributed by atoms with Crippen LogP contribution in [0, 0.1) is 0 Å². The van der Waals surface area contributed by atoms with Crippen LogP contribution in [0.25, 0.3) is 10.9 Å². The lowest BCUT2D eigenvalue weighted by molar-refractivity contribution is 0.0481. The molecule has 0 saturated carbocycles. The molecule has 0 bridgehead atoms. The van der Waals surface area contributed by atoms with Crippen molar-refractivity contribution in [2.45, 2.75) is 38.3 Å². The summed E-state index contributed by atoms with van der Waals surface area (Å²) in [5.74, 6) is 0.980. The molecular formula is C17H23N3O. The van der Waals surface area contributed by atoms with E-state index in [2.05, 4.69) is 17.0 Å². The lowest BCUT2D eigenvalue weighted by atomic mass is 9.98. The number of anilines is 1. The number of nitrogens with two attached hydrogens (primary N) is 1. The van der Waals surface area contributed by atoms with Crippen LogP contribution in [0.3, 0.4) is 0 Å². The Balaban J connectivity index is 1.98. The number of nitrogens with zero attached hydrogens (tertiary/aromatic N) is 2. The molecule has 0 spiro atoms. The molecule has 1 unspecified atom stereocenters. The van der Waals surface area contributed by atoms with E-state index in [9.17, 15) is 5.11 Å². The number of fused-ring (bicyclic) bond motifs is 1. The molecule has 0 radical (unpaired) electrons. The Bertz CT molecular complexity index is 639. The van der Waals surface area contributed by atoms with Crippen LogP contribution in [-0.2, 0) is 6.54 Å². The van der Waals surface area contributed by atoms with E-state index in [1.165, 1.54) is 0 Å². The van der Waals surface area contributed by atoms with Crippen LogP contribution >= 0.6 is 0 Å². The van der Waals surface area contributed by atoms with Crippen LogP contribution in [0.4, 0.5) is 5.82 Å². The fourth-order valence-electron chi connectivity index (χ4n) is 3.05. The number of para-hydroxylation sites is 1. The van der Waals surface area contributed by atoms with E-state index in [4.69, 9.17) is 10.7 Å². The summed E-state index contributed by atoms with van der Waals surface area (Å²) in [5.41, 5.74) is 7.44. The quantitative estimate of drug-likeness (QED) is 0.889. The zero-order valence-corrected chi connectivity index (χ0v) is 12.5. The molecule has 2 aromatic rings. The van der Waals surface area contributed by atoms with Gasteiger partial charge in [-0.15, -0.1) is 0 Å². The predicted octanol–water partition coefficient (Wildman–Crippen LogP) is 2.43. The first-order valence-electron chi connectivity index (χ1n) is 7.65. The van der Waals surface area contributed by atoms with Crippen molar-refractivity contribution in [1.82, 2.24) is 4.98 Å². The fraction of sp³-hybridized carbons (Fsp3) is 0.471. The van der Waals surface area contributed by atoms with Gasteiger partial charge in [0.1, 0.15) is 5.82 Å². The Labute approximate surface area is 125 Å². The van der Waals surface area contributed by atoms with Gasteiger partial charge in [-0.2, -0.15) is 0 Å². The van der Waals surface area contributed by atoms with Crippen molar-refractivity contribution in [1.29, 1.82) is 0 Å². The maximum Gasteiger partial charge on any atom is 0.133 e. The number of rotatable bonds is 2. The summed E-state index contributed by atoms with van der Waals surface area (Å²) in [6.45, 7) is 4.16. The van der Waals surface area contributed by atoms with Crippen molar-refractivity contribution in [3.05, 3.63) is 35.9 Å². The van der Waals surface area contributed by atoms with Crippen molar-refractivity contribution >= 4 is 16.7 Å². The van der Waals surface area contributed by atoms with Gasteiger partial charge in [0.15, 0.2) is 0 Å². The van der Waals surface area contributed by atoms with Gasteiger partial charge < -0.3 is 15.7 Å². The molecule has 112 valence electrons. The van der Waals surface area contributed by atoms with Gasteiger partial charge in [0.25, 0.3) is 0 Å². The van der Waals surface area contributed by atoms with Gasteiger partial charge in [-0.05, 0) is 38.3 Å². The Hall–Kier alpha value is -1.65. The largest absolute Gasteiger partial charge is 0.390 e. The highest BCUT2D eigenvalue weighted by Gasteiger charge is 2.26. The normalized spacial score (nSPS) is 23.3. The Kier molecular flexibility index (Phi) is 3.83. The Morgan fingerprint density at radius 1 is 1.29 bits per heavy atom. The van der Waals surface area contributed by atoms with Crippen LogP contribution in [0.2, 0.25) is 0 Å². The number of aliphatic hydroxyl groups is 1. The first-order chi connectivity index (χ1) is 10.1. The van der Waals surface area contributed by atoms with Gasteiger partial charge in [0.2, 0.25) is 0 Å². The average Bonchev–Trinajstić information content (AvgIpc) is 2.66. The molecule has 3 N–H and O–H groups in total. The molecule has 0 aliphatic carbocycles. The summed E-state index contributed by atoms with van der Waals surface area (Å²) >= 11 is 0. The third-order valence-electron chi connectivity index (χ3n) is 4.36. The van der Waals surface area contributed by atoms with E-state index >= 15 is 0 Å². The minimum absolute atomic E-state index is 0.486. The Morgan fingerprint density at radius 3 is 2.90 bits per heavy atom. The van der Waals surface area contributed by atoms with Crippen LogP contribution < -0.4 is 10.6 Å². The van der Waals surface area contributed by atoms with Gasteiger partial charge in [-0.1, -0.05) is 18.2 Å². The number of hydrogen-bond acceptors (Lipinski definition) is 4. The second-order valence-electron chi connectivity index (χ2n) is 6.21. The SMILES string of the molecule is CC1(O)CCCN(c2nc3ccccc3cc2CN)CC1. The minimum Gasteiger partial charge on any atom is -0.390 e. The van der Waals surface area contributed by atoms with Crippen molar-refractivity contribution in [3.8, 4) is 0 Å². The first-order valence-corrected chi connectivity index (χ1v) is 7.65. The van der Waals surface area contributed by atoms with E-state index in [-0.39, 0.29) is 0 Å². The number of pyridine rings is 1. The number of hydrogen-bond donors (Lipinski definition) is 2. The molecule has 1 aliphatic rings. The standard InChI is InChI=1S/C17H23N3O/c1-17(21)7-4-9-20(10-8-17)16-14(12-18)11-13-5-2-3-6-15(13)19-16/h2-3,5-6,11,21H,4,7-10,12,18H2,1H3. The molecule has 1 aromatic carbocycles. The minimum atomic E-state index is -0.561. The molecule has 4 nitrogen and oxygen atoms in total. The molecule has 1 aliphatic heterocycles. The van der Waals surface area contributed by atoms with Gasteiger partial charge in [-0.25, -0.2) is 4.98 Å². The van der Waals surface area contributed by atoms with Crippen LogP contribution in [0.1, 0.15) is 31.7 Å². The molecule has 4 heteroatoms. The molecule has 21 heavy (non-hydrogen) atoms. The third-order valence-corrected chi connectivity index (χ3v) is 4.36. The summed E-state index contributed by atoms with van der Waals surface area (Å²) < 4.78 is 0. The average molecular weight is 285 g/mol. The van der Waals surface area contributed by atoms with E-state index in [0.717, 1.165) is 54.6 Å². The van der Waals surface area contributed by atoms with Crippen LogP contribution in [0.5, 0.6) is 0 Å². The molecule has 1 aromatic heterocycles. The first kappa shape index (κ1) is 14.3. The van der Waals surface area contributed by atoms with Crippen molar-refractivity contribution < 1.29 is 5.11 Å². The van der Waals surface area contributed by atoms with E-state index in [0.29, 0.717) is 6.54 Å². The fourth-order valence-corrected chi connectivity index (χ4v) is 3.05. The zero-order valence-electron chi connectivity index (χ0n) is 12.5. The molecule has 1 fully saturated rings. The Morgan fingerprint density at radius 2 is 2.10 bits per heavy atom. The summed E-state index contributed by atoms with van der Waals surface area (Å²) in [4.78, 5) is 7.10. The molecular weight excluding hydrogens is 262 g/mol. The maximum absolute atomic E-state index is 10.2. The second kappa shape index (κ2) is 5.62. The number of aromatic nitrogens is 1. The smallest absolute Gasteiger partial charge is 0.133 e. The highest BCUT2D eigenvalue weighted by molar-refractivity contribution is 5.81. The van der Waals surface area contributed by atoms with E-state index in [1.54, 1.807) is 0 Å². The van der Waals surface area contributed by atoms with Gasteiger partial charge in [0.05, 0.1) is 11.1 Å². The summed E-state index contributed by atoms with van der Waals surface area (Å²) in [7, 11) is 0. The number of benzene rings is 1. The summed E-state index contributed by atoms with van der Waals surface area (Å²) in [5, 5.41) is 11.4. The van der Waals surface area contributed by atoms with E-state index < -0.39 is 5.60 Å². The molecule has 1 atom stereocenters. The summed E-state index contributed by atoms with van der Waals surface area (Å²) in [6.07, 6.45) is 2.59. The van der Waals surface area contributed by atoms with Crippen molar-refractivity contribution in [2.24, 2.45) is 5.73 Å². The van der Waals surface area contributed by atoms with Gasteiger partial charge >= 0.3 is 0 Å². The molecule has 0 amide bonds. The monoisotopic (exact) mass is 285 g/mol. The predicted molar refractivity (Wildman–Crippen MR) is 86.3 cm³/mol. The lowest BCUT2D eigenvalue weighted by Gasteiger charge is -2.25. The second-order valence-corrected chi connectivity index (χ2v) is 6.21.